The summed E-state index contributed by atoms with van der Waals surface area (Å²) in [4.78, 5) is 0.307. The summed E-state index contributed by atoms with van der Waals surface area (Å²) in [5.74, 6) is 0.663. The lowest BCUT2D eigenvalue weighted by atomic mass is 10.2. The lowest BCUT2D eigenvalue weighted by molar-refractivity contribution is 0.413. The van der Waals surface area contributed by atoms with Crippen LogP contribution in [0.25, 0.3) is 0 Å². The van der Waals surface area contributed by atoms with Crippen LogP contribution in [0.4, 0.5) is 0 Å². The minimum Gasteiger partial charge on any atom is -0.497 e. The molecule has 0 spiro atoms. The van der Waals surface area contributed by atoms with Gasteiger partial charge in [0.25, 0.3) is 0 Å². The van der Waals surface area contributed by atoms with Gasteiger partial charge < -0.3 is 10.5 Å². The molecule has 1 aromatic carbocycles. The molecule has 94 valence electrons. The fourth-order valence-corrected chi connectivity index (χ4v) is 3.15. The number of benzene rings is 1. The zero-order chi connectivity index (χ0) is 12.5. The largest absolute Gasteiger partial charge is 0.497 e. The Morgan fingerprint density at radius 3 is 2.71 bits per heavy atom. The van der Waals surface area contributed by atoms with Crippen molar-refractivity contribution in [3.8, 4) is 5.75 Å². The molecule has 1 aliphatic rings. The lowest BCUT2D eigenvalue weighted by Gasteiger charge is -2.09. The van der Waals surface area contributed by atoms with E-state index in [4.69, 9.17) is 10.5 Å². The van der Waals surface area contributed by atoms with E-state index in [1.54, 1.807) is 24.3 Å². The fourth-order valence-electron chi connectivity index (χ4n) is 1.66. The molecular weight excluding hydrogens is 238 g/mol. The summed E-state index contributed by atoms with van der Waals surface area (Å²) in [6.45, 7) is 0. The van der Waals surface area contributed by atoms with Crippen LogP contribution in [-0.4, -0.2) is 26.8 Å². The molecule has 17 heavy (non-hydrogen) atoms. The zero-order valence-electron chi connectivity index (χ0n) is 9.85. The van der Waals surface area contributed by atoms with Crippen LogP contribution in [-0.2, 0) is 9.84 Å². The number of methoxy groups -OCH3 is 1. The third-order valence-corrected chi connectivity index (χ3v) is 4.87. The molecule has 2 rings (SSSR count). The van der Waals surface area contributed by atoms with Gasteiger partial charge in [0.2, 0.25) is 0 Å². The first-order valence-electron chi connectivity index (χ1n) is 5.61. The van der Waals surface area contributed by atoms with Crippen LogP contribution in [0.5, 0.6) is 5.75 Å². The average Bonchev–Trinajstić information content (AvgIpc) is 3.06. The van der Waals surface area contributed by atoms with Gasteiger partial charge in [-0.15, -0.1) is 0 Å². The highest BCUT2D eigenvalue weighted by Crippen LogP contribution is 2.36. The second-order valence-electron chi connectivity index (χ2n) is 4.61. The van der Waals surface area contributed by atoms with Crippen LogP contribution >= 0.6 is 0 Å². The highest BCUT2D eigenvalue weighted by Gasteiger charge is 2.38. The van der Waals surface area contributed by atoms with E-state index in [9.17, 15) is 8.42 Å². The first kappa shape index (κ1) is 12.4. The Hall–Kier alpha value is -1.07. The second kappa shape index (κ2) is 4.31. The van der Waals surface area contributed by atoms with Crippen molar-refractivity contribution in [1.29, 1.82) is 0 Å². The summed E-state index contributed by atoms with van der Waals surface area (Å²) < 4.78 is 29.1. The standard InChI is InChI=1S/C12H17NO3S/c1-16-10-3-2-4-11(9-10)17(14,15)8-7-12(13)5-6-12/h2-4,9H,5-8,13H2,1H3. The van der Waals surface area contributed by atoms with E-state index in [1.807, 2.05) is 0 Å². The van der Waals surface area contributed by atoms with Crippen molar-refractivity contribution in [3.63, 3.8) is 0 Å². The van der Waals surface area contributed by atoms with Crippen LogP contribution in [0, 0.1) is 0 Å². The fraction of sp³-hybridized carbons (Fsp3) is 0.500. The summed E-state index contributed by atoms with van der Waals surface area (Å²) in [6, 6.07) is 6.55. The van der Waals surface area contributed by atoms with Gasteiger partial charge in [-0.25, -0.2) is 8.42 Å². The Bertz CT molecular complexity index is 506. The maximum Gasteiger partial charge on any atom is 0.178 e. The van der Waals surface area contributed by atoms with Crippen LogP contribution in [0.15, 0.2) is 29.2 Å². The normalized spacial score (nSPS) is 17.8. The van der Waals surface area contributed by atoms with E-state index in [-0.39, 0.29) is 11.3 Å². The molecule has 2 N–H and O–H groups in total. The smallest absolute Gasteiger partial charge is 0.178 e. The maximum absolute atomic E-state index is 12.1. The number of sulfone groups is 1. The van der Waals surface area contributed by atoms with Crippen molar-refractivity contribution < 1.29 is 13.2 Å². The molecule has 1 saturated carbocycles. The van der Waals surface area contributed by atoms with Gasteiger partial charge in [0.15, 0.2) is 9.84 Å². The molecule has 0 aliphatic heterocycles. The van der Waals surface area contributed by atoms with E-state index in [0.717, 1.165) is 12.8 Å². The Kier molecular flexibility index (Phi) is 3.14. The monoisotopic (exact) mass is 255 g/mol. The number of hydrogen-bond acceptors (Lipinski definition) is 4. The van der Waals surface area contributed by atoms with Crippen molar-refractivity contribution in [2.45, 2.75) is 29.7 Å². The Labute approximate surface area is 102 Å². The van der Waals surface area contributed by atoms with Gasteiger partial charge in [-0.3, -0.25) is 0 Å². The van der Waals surface area contributed by atoms with Gasteiger partial charge >= 0.3 is 0 Å². The quantitative estimate of drug-likeness (QED) is 0.862. The zero-order valence-corrected chi connectivity index (χ0v) is 10.7. The van der Waals surface area contributed by atoms with Crippen LogP contribution in [0.2, 0.25) is 0 Å². The minimum absolute atomic E-state index is 0.108. The van der Waals surface area contributed by atoms with Crippen LogP contribution in [0.3, 0.4) is 0 Å². The molecule has 1 aliphatic carbocycles. The summed E-state index contributed by atoms with van der Waals surface area (Å²) >= 11 is 0. The summed E-state index contributed by atoms with van der Waals surface area (Å²) in [5.41, 5.74) is 5.67. The van der Waals surface area contributed by atoms with Crippen molar-refractivity contribution in [2.75, 3.05) is 12.9 Å². The van der Waals surface area contributed by atoms with Crippen molar-refractivity contribution >= 4 is 9.84 Å². The molecule has 0 aromatic heterocycles. The van der Waals surface area contributed by atoms with E-state index >= 15 is 0 Å². The highest BCUT2D eigenvalue weighted by molar-refractivity contribution is 7.91. The number of rotatable bonds is 5. The molecule has 4 nitrogen and oxygen atoms in total. The highest BCUT2D eigenvalue weighted by atomic mass is 32.2. The molecule has 0 heterocycles. The summed E-state index contributed by atoms with van der Waals surface area (Å²) in [7, 11) is -1.73. The molecule has 5 heteroatoms. The minimum atomic E-state index is -3.25. The Morgan fingerprint density at radius 2 is 2.12 bits per heavy atom. The molecule has 0 amide bonds. The van der Waals surface area contributed by atoms with E-state index in [1.165, 1.54) is 7.11 Å². The molecule has 1 fully saturated rings. The molecule has 0 radical (unpaired) electrons. The van der Waals surface area contributed by atoms with Crippen molar-refractivity contribution in [2.24, 2.45) is 5.73 Å². The number of nitrogens with two attached hydrogens (primary N) is 1. The van der Waals surface area contributed by atoms with Gasteiger partial charge in [-0.2, -0.15) is 0 Å². The van der Waals surface area contributed by atoms with E-state index in [2.05, 4.69) is 0 Å². The molecule has 1 aromatic rings. The number of hydrogen-bond donors (Lipinski definition) is 1. The van der Waals surface area contributed by atoms with Crippen molar-refractivity contribution in [3.05, 3.63) is 24.3 Å². The van der Waals surface area contributed by atoms with Gasteiger partial charge in [-0.1, -0.05) is 6.07 Å². The third kappa shape index (κ3) is 2.98. The van der Waals surface area contributed by atoms with Gasteiger partial charge in [-0.05, 0) is 37.5 Å². The molecule has 0 atom stereocenters. The molecular formula is C12H17NO3S. The SMILES string of the molecule is COc1cccc(S(=O)(=O)CCC2(N)CC2)c1. The van der Waals surface area contributed by atoms with Gasteiger partial charge in [0, 0.05) is 5.54 Å². The predicted octanol–water partition coefficient (Wildman–Crippen LogP) is 1.35. The first-order valence-corrected chi connectivity index (χ1v) is 7.26. The Morgan fingerprint density at radius 1 is 1.41 bits per heavy atom. The van der Waals surface area contributed by atoms with E-state index in [0.29, 0.717) is 17.1 Å². The molecule has 0 unspecified atom stereocenters. The van der Waals surface area contributed by atoms with Crippen LogP contribution in [0.1, 0.15) is 19.3 Å². The van der Waals surface area contributed by atoms with Gasteiger partial charge in [0.05, 0.1) is 17.8 Å². The van der Waals surface area contributed by atoms with E-state index < -0.39 is 9.84 Å². The predicted molar refractivity (Wildman–Crippen MR) is 65.8 cm³/mol. The second-order valence-corrected chi connectivity index (χ2v) is 6.72. The Balaban J connectivity index is 2.13. The van der Waals surface area contributed by atoms with Gasteiger partial charge in [0.1, 0.15) is 5.75 Å². The first-order chi connectivity index (χ1) is 7.95. The summed E-state index contributed by atoms with van der Waals surface area (Å²) in [6.07, 6.45) is 2.40. The topological polar surface area (TPSA) is 69.4 Å². The lowest BCUT2D eigenvalue weighted by Crippen LogP contribution is -2.25. The van der Waals surface area contributed by atoms with Crippen LogP contribution < -0.4 is 10.5 Å². The summed E-state index contributed by atoms with van der Waals surface area (Å²) in [5, 5.41) is 0. The molecule has 0 saturated heterocycles. The van der Waals surface area contributed by atoms with Crippen molar-refractivity contribution in [1.82, 2.24) is 0 Å². The maximum atomic E-state index is 12.1. The number of ether oxygens (including phenoxy) is 1. The molecule has 0 bridgehead atoms. The third-order valence-electron chi connectivity index (χ3n) is 3.16. The average molecular weight is 255 g/mol.